The van der Waals surface area contributed by atoms with Gasteiger partial charge in [0.2, 0.25) is 0 Å². The molecule has 1 fully saturated rings. The molecule has 2 nitrogen and oxygen atoms in total. The summed E-state index contributed by atoms with van der Waals surface area (Å²) in [5, 5.41) is 3.58. The van der Waals surface area contributed by atoms with Gasteiger partial charge in [0.25, 0.3) is 0 Å². The van der Waals surface area contributed by atoms with E-state index >= 15 is 0 Å². The van der Waals surface area contributed by atoms with Crippen molar-refractivity contribution in [1.82, 2.24) is 5.32 Å². The Hall–Kier alpha value is -0.450. The minimum atomic E-state index is -0.200. The Morgan fingerprint density at radius 1 is 1.50 bits per heavy atom. The Kier molecular flexibility index (Phi) is 5.58. The van der Waals surface area contributed by atoms with Gasteiger partial charge in [-0.05, 0) is 66.7 Å². The Balaban J connectivity index is 2.16. The zero-order valence-corrected chi connectivity index (χ0v) is 13.8. The third kappa shape index (κ3) is 3.60. The van der Waals surface area contributed by atoms with Crippen LogP contribution < -0.4 is 5.32 Å². The van der Waals surface area contributed by atoms with Gasteiger partial charge in [-0.3, -0.25) is 0 Å². The Morgan fingerprint density at radius 3 is 2.95 bits per heavy atom. The highest BCUT2D eigenvalue weighted by atomic mass is 79.9. The van der Waals surface area contributed by atoms with E-state index < -0.39 is 0 Å². The molecule has 1 heterocycles. The summed E-state index contributed by atoms with van der Waals surface area (Å²) in [4.78, 5) is 0. The molecule has 0 bridgehead atoms. The molecule has 1 aliphatic rings. The van der Waals surface area contributed by atoms with Crippen LogP contribution in [0.5, 0.6) is 0 Å². The van der Waals surface area contributed by atoms with Crippen molar-refractivity contribution in [3.8, 4) is 0 Å². The molecule has 0 radical (unpaired) electrons. The summed E-state index contributed by atoms with van der Waals surface area (Å²) in [6, 6.07) is 5.44. The Morgan fingerprint density at radius 2 is 2.30 bits per heavy atom. The van der Waals surface area contributed by atoms with E-state index in [4.69, 9.17) is 4.74 Å². The lowest BCUT2D eigenvalue weighted by atomic mass is 9.88. The van der Waals surface area contributed by atoms with Crippen molar-refractivity contribution in [3.63, 3.8) is 0 Å². The number of nitrogens with one attached hydrogen (secondary N) is 1. The largest absolute Gasteiger partial charge is 0.374 e. The molecule has 1 aromatic rings. The first kappa shape index (κ1) is 15.9. The van der Waals surface area contributed by atoms with Crippen molar-refractivity contribution in [2.75, 3.05) is 13.2 Å². The second kappa shape index (κ2) is 7.01. The molecule has 20 heavy (non-hydrogen) atoms. The molecular weight excluding hydrogens is 321 g/mol. The molecule has 2 unspecified atom stereocenters. The van der Waals surface area contributed by atoms with Gasteiger partial charge in [0.15, 0.2) is 0 Å². The molecule has 0 aliphatic carbocycles. The fraction of sp³-hybridized carbons (Fsp3) is 0.625. The van der Waals surface area contributed by atoms with E-state index in [1.807, 2.05) is 6.07 Å². The summed E-state index contributed by atoms with van der Waals surface area (Å²) < 4.78 is 20.2. The van der Waals surface area contributed by atoms with E-state index in [0.717, 1.165) is 44.4 Å². The third-order valence-corrected chi connectivity index (χ3v) is 4.97. The van der Waals surface area contributed by atoms with E-state index in [2.05, 4.69) is 35.1 Å². The van der Waals surface area contributed by atoms with Gasteiger partial charge in [-0.2, -0.15) is 0 Å². The number of hydrogen-bond donors (Lipinski definition) is 1. The SMILES string of the molecule is CCCNC(Cc1cccc(F)c1Br)C1(C)CCCO1. The first-order valence-corrected chi connectivity index (χ1v) is 8.16. The zero-order chi connectivity index (χ0) is 14.6. The van der Waals surface area contributed by atoms with Crippen LogP contribution in [0.15, 0.2) is 22.7 Å². The highest BCUT2D eigenvalue weighted by Gasteiger charge is 2.38. The monoisotopic (exact) mass is 343 g/mol. The van der Waals surface area contributed by atoms with Gasteiger partial charge in [0, 0.05) is 12.6 Å². The molecule has 1 aliphatic heterocycles. The van der Waals surface area contributed by atoms with Crippen LogP contribution in [0.3, 0.4) is 0 Å². The molecule has 1 saturated heterocycles. The quantitative estimate of drug-likeness (QED) is 0.840. The summed E-state index contributed by atoms with van der Waals surface area (Å²) in [5.41, 5.74) is 0.844. The molecule has 0 aromatic heterocycles. The summed E-state index contributed by atoms with van der Waals surface area (Å²) in [6.45, 7) is 6.10. The first-order valence-electron chi connectivity index (χ1n) is 7.37. The Bertz CT molecular complexity index is 446. The van der Waals surface area contributed by atoms with Crippen LogP contribution in [0.25, 0.3) is 0 Å². The molecule has 112 valence electrons. The van der Waals surface area contributed by atoms with Crippen molar-refractivity contribution < 1.29 is 9.13 Å². The first-order chi connectivity index (χ1) is 9.57. The number of halogens is 2. The maximum absolute atomic E-state index is 13.7. The van der Waals surface area contributed by atoms with E-state index in [0.29, 0.717) is 4.47 Å². The van der Waals surface area contributed by atoms with Crippen molar-refractivity contribution in [2.24, 2.45) is 0 Å². The third-order valence-electron chi connectivity index (χ3n) is 4.08. The summed E-state index contributed by atoms with van der Waals surface area (Å²) >= 11 is 3.36. The average Bonchev–Trinajstić information content (AvgIpc) is 2.87. The normalized spacial score (nSPS) is 24.0. The molecule has 0 saturated carbocycles. The smallest absolute Gasteiger partial charge is 0.137 e. The minimum absolute atomic E-state index is 0.152. The summed E-state index contributed by atoms with van der Waals surface area (Å²) in [5.74, 6) is -0.200. The van der Waals surface area contributed by atoms with Gasteiger partial charge in [-0.1, -0.05) is 19.1 Å². The van der Waals surface area contributed by atoms with Gasteiger partial charge in [-0.25, -0.2) is 4.39 Å². The van der Waals surface area contributed by atoms with Gasteiger partial charge in [0.05, 0.1) is 10.1 Å². The predicted molar refractivity (Wildman–Crippen MR) is 83.5 cm³/mol. The summed E-state index contributed by atoms with van der Waals surface area (Å²) in [6.07, 6.45) is 4.01. The van der Waals surface area contributed by atoms with Crippen LogP contribution in [-0.2, 0) is 11.2 Å². The maximum Gasteiger partial charge on any atom is 0.137 e. The molecule has 1 aromatic carbocycles. The van der Waals surface area contributed by atoms with E-state index in [1.54, 1.807) is 6.07 Å². The van der Waals surface area contributed by atoms with Crippen molar-refractivity contribution in [2.45, 2.75) is 51.2 Å². The number of benzene rings is 1. The predicted octanol–water partition coefficient (Wildman–Crippen LogP) is 4.07. The highest BCUT2D eigenvalue weighted by molar-refractivity contribution is 9.10. The van der Waals surface area contributed by atoms with Crippen molar-refractivity contribution in [1.29, 1.82) is 0 Å². The maximum atomic E-state index is 13.7. The number of ether oxygens (including phenoxy) is 1. The number of rotatable bonds is 6. The van der Waals surface area contributed by atoms with Crippen molar-refractivity contribution >= 4 is 15.9 Å². The van der Waals surface area contributed by atoms with Crippen LogP contribution in [0.2, 0.25) is 0 Å². The van der Waals surface area contributed by atoms with Crippen LogP contribution in [0, 0.1) is 5.82 Å². The van der Waals surface area contributed by atoms with Crippen LogP contribution in [0.1, 0.15) is 38.7 Å². The molecule has 0 amide bonds. The molecule has 1 N–H and O–H groups in total. The van der Waals surface area contributed by atoms with Crippen LogP contribution >= 0.6 is 15.9 Å². The highest BCUT2D eigenvalue weighted by Crippen LogP contribution is 2.32. The fourth-order valence-corrected chi connectivity index (χ4v) is 3.25. The fourth-order valence-electron chi connectivity index (χ4n) is 2.82. The molecule has 0 spiro atoms. The van der Waals surface area contributed by atoms with Gasteiger partial charge < -0.3 is 10.1 Å². The van der Waals surface area contributed by atoms with E-state index in [-0.39, 0.29) is 17.5 Å². The molecular formula is C16H23BrFNO. The van der Waals surface area contributed by atoms with Crippen molar-refractivity contribution in [3.05, 3.63) is 34.1 Å². The lowest BCUT2D eigenvalue weighted by Crippen LogP contribution is -2.50. The van der Waals surface area contributed by atoms with Gasteiger partial charge in [-0.15, -0.1) is 0 Å². The summed E-state index contributed by atoms with van der Waals surface area (Å²) in [7, 11) is 0. The van der Waals surface area contributed by atoms with E-state index in [1.165, 1.54) is 6.07 Å². The minimum Gasteiger partial charge on any atom is -0.374 e. The lowest BCUT2D eigenvalue weighted by Gasteiger charge is -2.34. The molecule has 4 heteroatoms. The zero-order valence-electron chi connectivity index (χ0n) is 12.2. The van der Waals surface area contributed by atoms with Crippen LogP contribution in [-0.4, -0.2) is 24.8 Å². The van der Waals surface area contributed by atoms with Gasteiger partial charge >= 0.3 is 0 Å². The molecule has 2 atom stereocenters. The topological polar surface area (TPSA) is 21.3 Å². The Labute approximate surface area is 129 Å². The van der Waals surface area contributed by atoms with Gasteiger partial charge in [0.1, 0.15) is 5.82 Å². The number of hydrogen-bond acceptors (Lipinski definition) is 2. The lowest BCUT2D eigenvalue weighted by molar-refractivity contribution is -0.0114. The van der Waals surface area contributed by atoms with Crippen LogP contribution in [0.4, 0.5) is 4.39 Å². The standard InChI is InChI=1S/C16H23BrFNO/c1-3-9-19-14(16(2)8-5-10-20-16)11-12-6-4-7-13(18)15(12)17/h4,6-7,14,19H,3,5,8-11H2,1-2H3. The second-order valence-corrected chi connectivity index (χ2v) is 6.48. The molecule has 2 rings (SSSR count). The second-order valence-electron chi connectivity index (χ2n) is 5.69. The van der Waals surface area contributed by atoms with E-state index in [9.17, 15) is 4.39 Å². The average molecular weight is 344 g/mol.